The van der Waals surface area contributed by atoms with E-state index in [0.29, 0.717) is 6.04 Å². The number of carbonyl (C=O) groups excluding carboxylic acids is 1. The number of rotatable bonds is 7. The van der Waals surface area contributed by atoms with Crippen molar-refractivity contribution in [1.82, 2.24) is 5.32 Å². The molecule has 110 valence electrons. The van der Waals surface area contributed by atoms with Crippen molar-refractivity contribution in [2.45, 2.75) is 71.3 Å². The van der Waals surface area contributed by atoms with E-state index in [4.69, 9.17) is 0 Å². The van der Waals surface area contributed by atoms with E-state index in [1.165, 1.54) is 44.1 Å². The summed E-state index contributed by atoms with van der Waals surface area (Å²) < 4.78 is 0. The maximum atomic E-state index is 12.1. The van der Waals surface area contributed by atoms with Crippen molar-refractivity contribution in [1.29, 1.82) is 0 Å². The van der Waals surface area contributed by atoms with E-state index < -0.39 is 0 Å². The Labute approximate surface area is 123 Å². The van der Waals surface area contributed by atoms with Crippen LogP contribution in [0.4, 0.5) is 0 Å². The molecule has 1 atom stereocenters. The van der Waals surface area contributed by atoms with Gasteiger partial charge in [0.2, 0.25) is 0 Å². The maximum absolute atomic E-state index is 12.1. The average Bonchev–Trinajstić information content (AvgIpc) is 2.43. The summed E-state index contributed by atoms with van der Waals surface area (Å²) in [6.45, 7) is 4.28. The lowest BCUT2D eigenvalue weighted by Crippen LogP contribution is -2.41. The molecule has 0 fully saturated rings. The van der Waals surface area contributed by atoms with Gasteiger partial charge in [0, 0.05) is 11.6 Å². The third kappa shape index (κ3) is 4.09. The van der Waals surface area contributed by atoms with Crippen molar-refractivity contribution in [2.75, 3.05) is 0 Å². The first-order valence-corrected chi connectivity index (χ1v) is 8.11. The summed E-state index contributed by atoms with van der Waals surface area (Å²) in [6, 6.07) is 6.58. The molecular formula is C18H27NO. The second-order valence-corrected chi connectivity index (χ2v) is 6.09. The van der Waals surface area contributed by atoms with Crippen molar-refractivity contribution >= 4 is 5.91 Å². The van der Waals surface area contributed by atoms with Crippen molar-refractivity contribution in [2.24, 2.45) is 0 Å². The largest absolute Gasteiger partial charge is 0.349 e. The number of carbonyl (C=O) groups is 1. The first-order valence-electron chi connectivity index (χ1n) is 8.11. The highest BCUT2D eigenvalue weighted by atomic mass is 16.1. The summed E-state index contributed by atoms with van der Waals surface area (Å²) in [5, 5.41) is 3.16. The Morgan fingerprint density at radius 3 is 2.70 bits per heavy atom. The second kappa shape index (κ2) is 7.47. The number of nitrogens with one attached hydrogen (secondary N) is 1. The zero-order chi connectivity index (χ0) is 14.4. The molecule has 1 heterocycles. The topological polar surface area (TPSA) is 29.1 Å². The predicted molar refractivity (Wildman–Crippen MR) is 84.1 cm³/mol. The molecule has 20 heavy (non-hydrogen) atoms. The molecule has 2 nitrogen and oxygen atoms in total. The molecule has 1 unspecified atom stereocenters. The minimum Gasteiger partial charge on any atom is -0.349 e. The van der Waals surface area contributed by atoms with Gasteiger partial charge in [-0.3, -0.25) is 4.79 Å². The monoisotopic (exact) mass is 273 g/mol. The van der Waals surface area contributed by atoms with Gasteiger partial charge < -0.3 is 5.32 Å². The van der Waals surface area contributed by atoms with Gasteiger partial charge in [0.15, 0.2) is 0 Å². The van der Waals surface area contributed by atoms with Crippen LogP contribution in [-0.4, -0.2) is 11.9 Å². The minimum absolute atomic E-state index is 0.117. The standard InChI is InChI=1S/C18H27NO/c1-3-4-5-6-7-8-9-16-13-15-11-10-14(2)12-17(15)18(20)19-16/h10-12,16H,3-9,13H2,1-2H3,(H,19,20). The highest BCUT2D eigenvalue weighted by molar-refractivity contribution is 5.97. The van der Waals surface area contributed by atoms with Gasteiger partial charge >= 0.3 is 0 Å². The summed E-state index contributed by atoms with van der Waals surface area (Å²) in [5.74, 6) is 0.117. The van der Waals surface area contributed by atoms with Crippen molar-refractivity contribution in [3.8, 4) is 0 Å². The molecule has 1 N–H and O–H groups in total. The van der Waals surface area contributed by atoms with Gasteiger partial charge in [0.25, 0.3) is 5.91 Å². The Morgan fingerprint density at radius 1 is 1.15 bits per heavy atom. The fraction of sp³-hybridized carbons (Fsp3) is 0.611. The molecule has 0 aliphatic carbocycles. The van der Waals surface area contributed by atoms with Gasteiger partial charge in [-0.05, 0) is 31.4 Å². The Balaban J connectivity index is 1.79. The third-order valence-corrected chi connectivity index (χ3v) is 4.22. The summed E-state index contributed by atoms with van der Waals surface area (Å²) in [6.07, 6.45) is 9.99. The molecule has 2 rings (SSSR count). The number of aryl methyl sites for hydroxylation is 1. The fourth-order valence-electron chi connectivity index (χ4n) is 3.00. The minimum atomic E-state index is 0.117. The normalized spacial score (nSPS) is 17.7. The quantitative estimate of drug-likeness (QED) is 0.733. The van der Waals surface area contributed by atoms with Gasteiger partial charge in [0.1, 0.15) is 0 Å². The van der Waals surface area contributed by atoms with Crippen LogP contribution in [0.2, 0.25) is 0 Å². The lowest BCUT2D eigenvalue weighted by Gasteiger charge is -2.26. The lowest BCUT2D eigenvalue weighted by atomic mass is 9.91. The SMILES string of the molecule is CCCCCCCCC1Cc2ccc(C)cc2C(=O)N1. The van der Waals surface area contributed by atoms with Crippen molar-refractivity contribution < 1.29 is 4.79 Å². The number of unbranched alkanes of at least 4 members (excludes halogenated alkanes) is 5. The van der Waals surface area contributed by atoms with Gasteiger partial charge in [-0.2, -0.15) is 0 Å². The number of benzene rings is 1. The van der Waals surface area contributed by atoms with Crippen LogP contribution in [0.15, 0.2) is 18.2 Å². The van der Waals surface area contributed by atoms with Crippen molar-refractivity contribution in [3.63, 3.8) is 0 Å². The van der Waals surface area contributed by atoms with E-state index in [1.807, 2.05) is 13.0 Å². The molecule has 2 heteroatoms. The first kappa shape index (κ1) is 15.1. The molecule has 1 amide bonds. The van der Waals surface area contributed by atoms with Crippen LogP contribution >= 0.6 is 0 Å². The predicted octanol–water partition coefficient (Wildman–Crippen LogP) is 4.40. The van der Waals surface area contributed by atoms with Gasteiger partial charge in [0.05, 0.1) is 0 Å². The lowest BCUT2D eigenvalue weighted by molar-refractivity contribution is 0.0922. The molecule has 0 saturated heterocycles. The van der Waals surface area contributed by atoms with E-state index in [0.717, 1.165) is 24.0 Å². The molecule has 0 radical (unpaired) electrons. The zero-order valence-electron chi connectivity index (χ0n) is 12.9. The van der Waals surface area contributed by atoms with Crippen LogP contribution in [0.5, 0.6) is 0 Å². The smallest absolute Gasteiger partial charge is 0.251 e. The van der Waals surface area contributed by atoms with Crippen LogP contribution in [-0.2, 0) is 6.42 Å². The maximum Gasteiger partial charge on any atom is 0.251 e. The Morgan fingerprint density at radius 2 is 1.90 bits per heavy atom. The molecule has 0 bridgehead atoms. The zero-order valence-corrected chi connectivity index (χ0v) is 12.9. The Hall–Kier alpha value is -1.31. The molecule has 0 saturated carbocycles. The summed E-state index contributed by atoms with van der Waals surface area (Å²) >= 11 is 0. The first-order chi connectivity index (χ1) is 9.70. The fourth-order valence-corrected chi connectivity index (χ4v) is 3.00. The third-order valence-electron chi connectivity index (χ3n) is 4.22. The molecule has 1 aromatic carbocycles. The van der Waals surface area contributed by atoms with Crippen LogP contribution in [0.25, 0.3) is 0 Å². The molecule has 0 spiro atoms. The summed E-state index contributed by atoms with van der Waals surface area (Å²) in [5.41, 5.74) is 3.26. The van der Waals surface area contributed by atoms with E-state index in [1.54, 1.807) is 0 Å². The van der Waals surface area contributed by atoms with E-state index in [2.05, 4.69) is 24.4 Å². The number of hydrogen-bond donors (Lipinski definition) is 1. The molecule has 0 aromatic heterocycles. The molecule has 1 aliphatic heterocycles. The molecular weight excluding hydrogens is 246 g/mol. The van der Waals surface area contributed by atoms with E-state index >= 15 is 0 Å². The van der Waals surface area contributed by atoms with Crippen LogP contribution < -0.4 is 5.32 Å². The summed E-state index contributed by atoms with van der Waals surface area (Å²) in [4.78, 5) is 12.1. The van der Waals surface area contributed by atoms with Gasteiger partial charge in [-0.1, -0.05) is 63.1 Å². The number of hydrogen-bond acceptors (Lipinski definition) is 1. The number of amides is 1. The molecule has 1 aromatic rings. The van der Waals surface area contributed by atoms with Gasteiger partial charge in [-0.25, -0.2) is 0 Å². The summed E-state index contributed by atoms with van der Waals surface area (Å²) in [7, 11) is 0. The van der Waals surface area contributed by atoms with Crippen molar-refractivity contribution in [3.05, 3.63) is 34.9 Å². The van der Waals surface area contributed by atoms with E-state index in [9.17, 15) is 4.79 Å². The van der Waals surface area contributed by atoms with Crippen LogP contribution in [0.3, 0.4) is 0 Å². The Bertz CT molecular complexity index is 453. The Kier molecular flexibility index (Phi) is 5.63. The highest BCUT2D eigenvalue weighted by Crippen LogP contribution is 2.21. The van der Waals surface area contributed by atoms with Crippen LogP contribution in [0.1, 0.15) is 73.4 Å². The van der Waals surface area contributed by atoms with E-state index in [-0.39, 0.29) is 5.91 Å². The number of fused-ring (bicyclic) bond motifs is 1. The van der Waals surface area contributed by atoms with Crippen LogP contribution in [0, 0.1) is 6.92 Å². The molecule has 1 aliphatic rings. The average molecular weight is 273 g/mol. The second-order valence-electron chi connectivity index (χ2n) is 6.09. The highest BCUT2D eigenvalue weighted by Gasteiger charge is 2.23. The van der Waals surface area contributed by atoms with Gasteiger partial charge in [-0.15, -0.1) is 0 Å².